The fraction of sp³-hybridized carbons (Fsp3) is 0.562. The first-order valence-electron chi connectivity index (χ1n) is 7.37. The first kappa shape index (κ1) is 15.8. The number of ether oxygens (including phenoxy) is 2. The fourth-order valence-corrected chi connectivity index (χ4v) is 2.64. The Balaban J connectivity index is 2.03. The zero-order chi connectivity index (χ0) is 15.2. The predicted octanol–water partition coefficient (Wildman–Crippen LogP) is 1.53. The molecular weight excluding hydrogens is 268 g/mol. The van der Waals surface area contributed by atoms with Gasteiger partial charge in [-0.2, -0.15) is 0 Å². The molecule has 5 nitrogen and oxygen atoms in total. The molecule has 0 aromatic heterocycles. The second-order valence-corrected chi connectivity index (χ2v) is 5.55. The van der Waals surface area contributed by atoms with Crippen LogP contribution in [0.25, 0.3) is 0 Å². The molecule has 1 aliphatic heterocycles. The smallest absolute Gasteiger partial charge is 0.254 e. The van der Waals surface area contributed by atoms with Crippen LogP contribution < -0.4 is 10.1 Å². The molecule has 1 aliphatic rings. The topological polar surface area (TPSA) is 50.8 Å². The van der Waals surface area contributed by atoms with Crippen molar-refractivity contribution in [1.82, 2.24) is 10.2 Å². The van der Waals surface area contributed by atoms with E-state index in [4.69, 9.17) is 9.47 Å². The molecule has 1 amide bonds. The molecule has 1 fully saturated rings. The van der Waals surface area contributed by atoms with Crippen LogP contribution in [0.4, 0.5) is 0 Å². The molecule has 0 spiro atoms. The van der Waals surface area contributed by atoms with Crippen molar-refractivity contribution in [2.24, 2.45) is 0 Å². The van der Waals surface area contributed by atoms with Gasteiger partial charge in [-0.15, -0.1) is 0 Å². The van der Waals surface area contributed by atoms with Crippen LogP contribution in [0.3, 0.4) is 0 Å². The Morgan fingerprint density at radius 2 is 2.00 bits per heavy atom. The molecule has 0 unspecified atom stereocenters. The summed E-state index contributed by atoms with van der Waals surface area (Å²) in [5, 5.41) is 3.43. The molecule has 0 radical (unpaired) electrons. The third-order valence-corrected chi connectivity index (χ3v) is 3.48. The summed E-state index contributed by atoms with van der Waals surface area (Å²) in [6.07, 6.45) is 0. The molecule has 0 bridgehead atoms. The average Bonchev–Trinajstić information content (AvgIpc) is 2.46. The number of carbonyl (C=O) groups is 1. The minimum absolute atomic E-state index is 0.0624. The van der Waals surface area contributed by atoms with Crippen molar-refractivity contribution in [3.8, 4) is 5.75 Å². The maximum absolute atomic E-state index is 12.6. The molecule has 0 saturated carbocycles. The van der Waals surface area contributed by atoms with Gasteiger partial charge in [-0.05, 0) is 32.0 Å². The number of carbonyl (C=O) groups excluding carboxylic acids is 1. The molecule has 1 saturated heterocycles. The van der Waals surface area contributed by atoms with Crippen LogP contribution >= 0.6 is 0 Å². The van der Waals surface area contributed by atoms with Crippen LogP contribution in [-0.4, -0.2) is 56.3 Å². The number of rotatable bonds is 5. The van der Waals surface area contributed by atoms with E-state index in [9.17, 15) is 4.79 Å². The Morgan fingerprint density at radius 1 is 1.29 bits per heavy atom. The van der Waals surface area contributed by atoms with Crippen molar-refractivity contribution < 1.29 is 14.3 Å². The Hall–Kier alpha value is -1.59. The second kappa shape index (κ2) is 7.43. The predicted molar refractivity (Wildman–Crippen MR) is 81.8 cm³/mol. The van der Waals surface area contributed by atoms with E-state index in [1.165, 1.54) is 0 Å². The SMILES string of the molecule is COCCOc1cccc(C(=O)N2C[C@@H](C)N[C@H](C)C2)c1. The summed E-state index contributed by atoms with van der Waals surface area (Å²) in [6.45, 7) is 6.68. The van der Waals surface area contributed by atoms with Gasteiger partial charge in [0.05, 0.1) is 6.61 Å². The van der Waals surface area contributed by atoms with Crippen LogP contribution in [-0.2, 0) is 4.74 Å². The molecule has 21 heavy (non-hydrogen) atoms. The van der Waals surface area contributed by atoms with E-state index in [1.54, 1.807) is 13.2 Å². The molecular formula is C16H24N2O3. The molecule has 1 aromatic carbocycles. The van der Waals surface area contributed by atoms with E-state index >= 15 is 0 Å². The normalized spacial score (nSPS) is 22.1. The number of piperazine rings is 1. The zero-order valence-electron chi connectivity index (χ0n) is 13.0. The van der Waals surface area contributed by atoms with Crippen molar-refractivity contribution in [2.75, 3.05) is 33.4 Å². The number of benzene rings is 1. The number of hydrogen-bond donors (Lipinski definition) is 1. The summed E-state index contributed by atoms with van der Waals surface area (Å²) in [4.78, 5) is 14.5. The van der Waals surface area contributed by atoms with E-state index in [0.29, 0.717) is 36.6 Å². The van der Waals surface area contributed by atoms with Gasteiger partial charge in [0.25, 0.3) is 5.91 Å². The number of methoxy groups -OCH3 is 1. The van der Waals surface area contributed by atoms with Gasteiger partial charge in [0, 0.05) is 37.8 Å². The number of hydrogen-bond acceptors (Lipinski definition) is 4. The standard InChI is InChI=1S/C16H24N2O3/c1-12-10-18(11-13(2)17-12)16(19)14-5-4-6-15(9-14)21-8-7-20-3/h4-6,9,12-13,17H,7-8,10-11H2,1-3H3/t12-,13-/m1/s1. The first-order valence-corrected chi connectivity index (χ1v) is 7.37. The Labute approximate surface area is 126 Å². The van der Waals surface area contributed by atoms with Crippen LogP contribution in [0.5, 0.6) is 5.75 Å². The van der Waals surface area contributed by atoms with Crippen LogP contribution in [0.1, 0.15) is 24.2 Å². The van der Waals surface area contributed by atoms with Crippen molar-refractivity contribution in [3.63, 3.8) is 0 Å². The van der Waals surface area contributed by atoms with Crippen LogP contribution in [0, 0.1) is 0 Å². The fourth-order valence-electron chi connectivity index (χ4n) is 2.64. The molecule has 1 aromatic rings. The van der Waals surface area contributed by atoms with Gasteiger partial charge in [0.1, 0.15) is 12.4 Å². The third-order valence-electron chi connectivity index (χ3n) is 3.48. The van der Waals surface area contributed by atoms with E-state index in [-0.39, 0.29) is 5.91 Å². The van der Waals surface area contributed by atoms with E-state index in [2.05, 4.69) is 19.2 Å². The maximum Gasteiger partial charge on any atom is 0.254 e. The summed E-state index contributed by atoms with van der Waals surface area (Å²) in [5.41, 5.74) is 0.672. The third kappa shape index (κ3) is 4.44. The first-order chi connectivity index (χ1) is 10.1. The van der Waals surface area contributed by atoms with E-state index in [0.717, 1.165) is 13.1 Å². The molecule has 1 N–H and O–H groups in total. The van der Waals surface area contributed by atoms with Gasteiger partial charge in [-0.25, -0.2) is 0 Å². The number of amides is 1. The van der Waals surface area contributed by atoms with Gasteiger partial charge in [-0.3, -0.25) is 4.79 Å². The van der Waals surface area contributed by atoms with Gasteiger partial charge >= 0.3 is 0 Å². The number of nitrogens with zero attached hydrogens (tertiary/aromatic N) is 1. The summed E-state index contributed by atoms with van der Waals surface area (Å²) >= 11 is 0. The van der Waals surface area contributed by atoms with Crippen LogP contribution in [0.2, 0.25) is 0 Å². The van der Waals surface area contributed by atoms with Gasteiger partial charge in [0.15, 0.2) is 0 Å². The summed E-state index contributed by atoms with van der Waals surface area (Å²) in [5.74, 6) is 0.765. The lowest BCUT2D eigenvalue weighted by atomic mass is 10.1. The Morgan fingerprint density at radius 3 is 2.67 bits per heavy atom. The zero-order valence-corrected chi connectivity index (χ0v) is 13.0. The molecule has 5 heteroatoms. The van der Waals surface area contributed by atoms with Crippen molar-refractivity contribution in [2.45, 2.75) is 25.9 Å². The van der Waals surface area contributed by atoms with Gasteiger partial charge < -0.3 is 19.7 Å². The average molecular weight is 292 g/mol. The molecule has 2 atom stereocenters. The quantitative estimate of drug-likeness (QED) is 0.836. The molecule has 0 aliphatic carbocycles. The molecule has 2 rings (SSSR count). The van der Waals surface area contributed by atoms with Crippen molar-refractivity contribution in [1.29, 1.82) is 0 Å². The van der Waals surface area contributed by atoms with Crippen molar-refractivity contribution in [3.05, 3.63) is 29.8 Å². The highest BCUT2D eigenvalue weighted by Crippen LogP contribution is 2.16. The maximum atomic E-state index is 12.6. The molecule has 1 heterocycles. The lowest BCUT2D eigenvalue weighted by molar-refractivity contribution is 0.0673. The molecule has 116 valence electrons. The summed E-state index contributed by atoms with van der Waals surface area (Å²) in [6, 6.07) is 7.98. The monoisotopic (exact) mass is 292 g/mol. The number of nitrogens with one attached hydrogen (secondary N) is 1. The highest BCUT2D eigenvalue weighted by molar-refractivity contribution is 5.94. The minimum atomic E-state index is 0.0624. The summed E-state index contributed by atoms with van der Waals surface area (Å²) < 4.78 is 10.5. The second-order valence-electron chi connectivity index (χ2n) is 5.55. The lowest BCUT2D eigenvalue weighted by Crippen LogP contribution is -2.55. The minimum Gasteiger partial charge on any atom is -0.491 e. The van der Waals surface area contributed by atoms with Gasteiger partial charge in [-0.1, -0.05) is 6.07 Å². The van der Waals surface area contributed by atoms with Gasteiger partial charge in [0.2, 0.25) is 0 Å². The van der Waals surface area contributed by atoms with E-state index < -0.39 is 0 Å². The lowest BCUT2D eigenvalue weighted by Gasteiger charge is -2.36. The largest absolute Gasteiger partial charge is 0.491 e. The highest BCUT2D eigenvalue weighted by Gasteiger charge is 2.25. The highest BCUT2D eigenvalue weighted by atomic mass is 16.5. The van der Waals surface area contributed by atoms with Crippen molar-refractivity contribution >= 4 is 5.91 Å². The Kier molecular flexibility index (Phi) is 5.59. The Bertz CT molecular complexity index is 468. The summed E-state index contributed by atoms with van der Waals surface area (Å²) in [7, 11) is 1.63. The van der Waals surface area contributed by atoms with E-state index in [1.807, 2.05) is 23.1 Å². The van der Waals surface area contributed by atoms with Crippen LogP contribution in [0.15, 0.2) is 24.3 Å².